The first-order valence-corrected chi connectivity index (χ1v) is 9.50. The molecule has 2 N–H and O–H groups in total. The summed E-state index contributed by atoms with van der Waals surface area (Å²) in [4.78, 5) is 37.7. The summed E-state index contributed by atoms with van der Waals surface area (Å²) in [6.07, 6.45) is 3.68. The summed E-state index contributed by atoms with van der Waals surface area (Å²) in [5.74, 6) is 0.0903. The lowest BCUT2D eigenvalue weighted by molar-refractivity contribution is -0.128. The molecule has 1 saturated heterocycles. The Morgan fingerprint density at radius 2 is 2.00 bits per heavy atom. The number of amides is 4. The van der Waals surface area contributed by atoms with Gasteiger partial charge in [0.15, 0.2) is 0 Å². The number of carbonyl (C=O) groups excluding carboxylic acids is 3. The van der Waals surface area contributed by atoms with Crippen LogP contribution < -0.4 is 10.6 Å². The molecule has 1 aliphatic rings. The van der Waals surface area contributed by atoms with Crippen LogP contribution in [0.25, 0.3) is 0 Å². The molecule has 1 aliphatic heterocycles. The number of nitrogens with zero attached hydrogens (tertiary/aromatic N) is 1. The van der Waals surface area contributed by atoms with Crippen LogP contribution in [0.1, 0.15) is 37.5 Å². The molecule has 148 valence electrons. The van der Waals surface area contributed by atoms with E-state index >= 15 is 0 Å². The highest BCUT2D eigenvalue weighted by molar-refractivity contribution is 6.04. The number of furan rings is 1. The van der Waals surface area contributed by atoms with Gasteiger partial charge < -0.3 is 15.1 Å². The minimum Gasteiger partial charge on any atom is -0.467 e. The summed E-state index contributed by atoms with van der Waals surface area (Å²) in [5.41, 5.74) is 1.24. The molecule has 2 atom stereocenters. The van der Waals surface area contributed by atoms with Crippen LogP contribution in [0.15, 0.2) is 53.1 Å². The summed E-state index contributed by atoms with van der Waals surface area (Å²) in [5, 5.41) is 5.59. The van der Waals surface area contributed by atoms with E-state index in [1.54, 1.807) is 12.1 Å². The smallest absolute Gasteiger partial charge is 0.325 e. The van der Waals surface area contributed by atoms with E-state index in [0.717, 1.165) is 17.7 Å². The van der Waals surface area contributed by atoms with Gasteiger partial charge >= 0.3 is 6.03 Å². The van der Waals surface area contributed by atoms with Gasteiger partial charge in [0.25, 0.3) is 5.91 Å². The van der Waals surface area contributed by atoms with Gasteiger partial charge in [-0.2, -0.15) is 0 Å². The minimum absolute atomic E-state index is 0.0389. The normalized spacial score (nSPS) is 17.5. The summed E-state index contributed by atoms with van der Waals surface area (Å²) in [6.45, 7) is 2.06. The van der Waals surface area contributed by atoms with Crippen molar-refractivity contribution in [3.05, 3.63) is 60.1 Å². The molecule has 0 radical (unpaired) electrons. The second-order valence-corrected chi connectivity index (χ2v) is 7.04. The predicted molar refractivity (Wildman–Crippen MR) is 103 cm³/mol. The summed E-state index contributed by atoms with van der Waals surface area (Å²) >= 11 is 0. The van der Waals surface area contributed by atoms with Crippen molar-refractivity contribution in [3.8, 4) is 0 Å². The number of imide groups is 1. The van der Waals surface area contributed by atoms with Gasteiger partial charge in [0.2, 0.25) is 5.91 Å². The molecule has 2 aromatic rings. The highest BCUT2D eigenvalue weighted by Gasteiger charge is 2.38. The lowest BCUT2D eigenvalue weighted by Crippen LogP contribution is -2.35. The zero-order valence-electron chi connectivity index (χ0n) is 15.9. The van der Waals surface area contributed by atoms with Crippen molar-refractivity contribution in [1.82, 2.24) is 15.5 Å². The maximum atomic E-state index is 12.4. The van der Waals surface area contributed by atoms with Gasteiger partial charge in [-0.05, 0) is 43.9 Å². The molecular formula is C21H25N3O4. The van der Waals surface area contributed by atoms with Gasteiger partial charge in [0.1, 0.15) is 11.8 Å². The molecule has 7 heteroatoms. The third kappa shape index (κ3) is 5.22. The molecule has 1 aromatic heterocycles. The van der Waals surface area contributed by atoms with Crippen LogP contribution >= 0.6 is 0 Å². The molecule has 28 heavy (non-hydrogen) atoms. The Morgan fingerprint density at radius 3 is 2.71 bits per heavy atom. The molecular weight excluding hydrogens is 358 g/mol. The first-order chi connectivity index (χ1) is 13.5. The van der Waals surface area contributed by atoms with Crippen LogP contribution in [0.2, 0.25) is 0 Å². The lowest BCUT2D eigenvalue weighted by atomic mass is 10.1. The highest BCUT2D eigenvalue weighted by atomic mass is 16.3. The van der Waals surface area contributed by atoms with Crippen LogP contribution in [0.4, 0.5) is 4.79 Å². The van der Waals surface area contributed by atoms with Crippen molar-refractivity contribution in [3.63, 3.8) is 0 Å². The Labute approximate surface area is 164 Å². The Balaban J connectivity index is 1.40. The Hall–Kier alpha value is -3.09. The number of nitrogens with one attached hydrogen (secondary N) is 2. The van der Waals surface area contributed by atoms with Crippen molar-refractivity contribution in [2.45, 2.75) is 51.2 Å². The van der Waals surface area contributed by atoms with Crippen LogP contribution in [-0.4, -0.2) is 34.8 Å². The number of rotatable bonds is 9. The first-order valence-electron chi connectivity index (χ1n) is 9.50. The zero-order chi connectivity index (χ0) is 19.9. The van der Waals surface area contributed by atoms with Gasteiger partial charge in [-0.15, -0.1) is 0 Å². The van der Waals surface area contributed by atoms with Crippen LogP contribution in [-0.2, 0) is 22.6 Å². The molecule has 1 fully saturated rings. The van der Waals surface area contributed by atoms with E-state index in [1.807, 2.05) is 25.1 Å². The van der Waals surface area contributed by atoms with Crippen molar-refractivity contribution >= 4 is 17.8 Å². The highest BCUT2D eigenvalue weighted by Crippen LogP contribution is 2.15. The Bertz CT molecular complexity index is 804. The number of aryl methyl sites for hydroxylation is 1. The maximum Gasteiger partial charge on any atom is 0.325 e. The SMILES string of the molecule is C[C@@H](CCc1ccccc1)NC(=O)CC[C@@H]1NC(=O)N(Cc2ccco2)C1=O. The van der Waals surface area contributed by atoms with E-state index in [2.05, 4.69) is 22.8 Å². The third-order valence-corrected chi connectivity index (χ3v) is 4.78. The topological polar surface area (TPSA) is 91.7 Å². The largest absolute Gasteiger partial charge is 0.467 e. The van der Waals surface area contributed by atoms with E-state index in [0.29, 0.717) is 5.76 Å². The molecule has 1 aromatic carbocycles. The van der Waals surface area contributed by atoms with E-state index in [-0.39, 0.29) is 37.2 Å². The van der Waals surface area contributed by atoms with Gasteiger partial charge in [0, 0.05) is 12.5 Å². The standard InChI is InChI=1S/C21H25N3O4/c1-15(9-10-16-6-3-2-4-7-16)22-19(25)12-11-18-20(26)24(21(27)23-18)14-17-8-5-13-28-17/h2-8,13,15,18H,9-12,14H2,1H3,(H,22,25)(H,23,27)/t15-,18-/m0/s1. The minimum atomic E-state index is -0.673. The van der Waals surface area contributed by atoms with E-state index < -0.39 is 12.1 Å². The number of carbonyl (C=O) groups is 3. The third-order valence-electron chi connectivity index (χ3n) is 4.78. The maximum absolute atomic E-state index is 12.4. The lowest BCUT2D eigenvalue weighted by Gasteiger charge is -2.15. The number of urea groups is 1. The molecule has 0 aliphatic carbocycles. The van der Waals surface area contributed by atoms with Crippen molar-refractivity contribution in [2.24, 2.45) is 0 Å². The molecule has 0 bridgehead atoms. The molecule has 0 spiro atoms. The van der Waals surface area contributed by atoms with Gasteiger partial charge in [-0.1, -0.05) is 30.3 Å². The van der Waals surface area contributed by atoms with Gasteiger partial charge in [0.05, 0.1) is 12.8 Å². The summed E-state index contributed by atoms with van der Waals surface area (Å²) in [7, 11) is 0. The predicted octanol–water partition coefficient (Wildman–Crippen LogP) is 2.62. The fraction of sp³-hybridized carbons (Fsp3) is 0.381. The zero-order valence-corrected chi connectivity index (χ0v) is 15.9. The summed E-state index contributed by atoms with van der Waals surface area (Å²) in [6, 6.07) is 12.4. The molecule has 0 unspecified atom stereocenters. The van der Waals surface area contributed by atoms with Crippen LogP contribution in [0.5, 0.6) is 0 Å². The monoisotopic (exact) mass is 383 g/mol. The number of benzene rings is 1. The first kappa shape index (κ1) is 19.7. The number of hydrogen-bond donors (Lipinski definition) is 2. The van der Waals surface area contributed by atoms with Gasteiger partial charge in [-0.3, -0.25) is 14.5 Å². The van der Waals surface area contributed by atoms with Crippen molar-refractivity contribution in [2.75, 3.05) is 0 Å². The fourth-order valence-corrected chi connectivity index (χ4v) is 3.20. The average molecular weight is 383 g/mol. The van der Waals surface area contributed by atoms with E-state index in [9.17, 15) is 14.4 Å². The van der Waals surface area contributed by atoms with E-state index in [1.165, 1.54) is 11.8 Å². The van der Waals surface area contributed by atoms with Crippen molar-refractivity contribution in [1.29, 1.82) is 0 Å². The Morgan fingerprint density at radius 1 is 1.21 bits per heavy atom. The van der Waals surface area contributed by atoms with Crippen molar-refractivity contribution < 1.29 is 18.8 Å². The van der Waals surface area contributed by atoms with Gasteiger partial charge in [-0.25, -0.2) is 4.79 Å². The van der Waals surface area contributed by atoms with E-state index in [4.69, 9.17) is 4.42 Å². The molecule has 4 amide bonds. The second kappa shape index (κ2) is 9.21. The van der Waals surface area contributed by atoms with Crippen LogP contribution in [0, 0.1) is 0 Å². The number of hydrogen-bond acceptors (Lipinski definition) is 4. The average Bonchev–Trinajstić information content (AvgIpc) is 3.29. The Kier molecular flexibility index (Phi) is 6.47. The molecule has 7 nitrogen and oxygen atoms in total. The van der Waals surface area contributed by atoms with Crippen LogP contribution in [0.3, 0.4) is 0 Å². The fourth-order valence-electron chi connectivity index (χ4n) is 3.20. The second-order valence-electron chi connectivity index (χ2n) is 7.04. The molecule has 0 saturated carbocycles. The molecule has 3 rings (SSSR count). The molecule has 2 heterocycles. The quantitative estimate of drug-likeness (QED) is 0.651. The summed E-state index contributed by atoms with van der Waals surface area (Å²) < 4.78 is 5.19.